The predicted molar refractivity (Wildman–Crippen MR) is 131 cm³/mol. The van der Waals surface area contributed by atoms with E-state index in [-0.39, 0.29) is 41.4 Å². The molecule has 1 aliphatic heterocycles. The van der Waals surface area contributed by atoms with Crippen molar-refractivity contribution in [2.24, 2.45) is 10.9 Å². The molecule has 1 unspecified atom stereocenters. The summed E-state index contributed by atoms with van der Waals surface area (Å²) < 4.78 is 0. The van der Waals surface area contributed by atoms with Crippen LogP contribution in [-0.2, 0) is 10.2 Å². The Morgan fingerprint density at radius 1 is 1.21 bits per heavy atom. The molecule has 2 N–H and O–H groups in total. The summed E-state index contributed by atoms with van der Waals surface area (Å²) in [6.45, 7) is 9.13. The number of carbonyl (C=O) groups is 1. The smallest absolute Gasteiger partial charge is 0.225 e. The van der Waals surface area contributed by atoms with E-state index in [1.807, 2.05) is 7.05 Å². The van der Waals surface area contributed by atoms with Gasteiger partial charge >= 0.3 is 0 Å². The molecule has 6 heteroatoms. The Morgan fingerprint density at radius 3 is 2.55 bits per heavy atom. The standard InChI is InChI=1S/C23H36N4O.HI/c1-17-9-5-8-12-20(17)23(2,3)16-25-22(24-4)26-19-13-14-27(15-19)21(28)18-10-6-7-11-18;/h5,8-9,12,18-19H,6-7,10-11,13-16H2,1-4H3,(H2,24,25,26);1H. The maximum Gasteiger partial charge on any atom is 0.225 e. The number of likely N-dealkylation sites (tertiary alicyclic amines) is 1. The Balaban J connectivity index is 0.00000300. The third kappa shape index (κ3) is 6.09. The summed E-state index contributed by atoms with van der Waals surface area (Å²) in [5.74, 6) is 1.46. The number of hydrogen-bond acceptors (Lipinski definition) is 2. The molecule has 0 spiro atoms. The molecule has 2 fully saturated rings. The van der Waals surface area contributed by atoms with Crippen LogP contribution in [0.1, 0.15) is 57.1 Å². The van der Waals surface area contributed by atoms with E-state index >= 15 is 0 Å². The van der Waals surface area contributed by atoms with Gasteiger partial charge in [-0.1, -0.05) is 51.0 Å². The van der Waals surface area contributed by atoms with E-state index < -0.39 is 0 Å². The lowest BCUT2D eigenvalue weighted by Crippen LogP contribution is -2.48. The largest absolute Gasteiger partial charge is 0.356 e. The van der Waals surface area contributed by atoms with Crippen LogP contribution in [0.15, 0.2) is 29.3 Å². The molecular weight excluding hydrogens is 475 g/mol. The summed E-state index contributed by atoms with van der Waals surface area (Å²) in [6.07, 6.45) is 5.55. The monoisotopic (exact) mass is 512 g/mol. The van der Waals surface area contributed by atoms with Crippen molar-refractivity contribution < 1.29 is 4.79 Å². The minimum atomic E-state index is 0. The van der Waals surface area contributed by atoms with E-state index in [2.05, 4.69) is 65.6 Å². The highest BCUT2D eigenvalue weighted by molar-refractivity contribution is 14.0. The van der Waals surface area contributed by atoms with Gasteiger partial charge in [0, 0.05) is 44.1 Å². The Hall–Kier alpha value is -1.31. The van der Waals surface area contributed by atoms with Gasteiger partial charge in [-0.15, -0.1) is 24.0 Å². The first-order chi connectivity index (χ1) is 13.4. The highest BCUT2D eigenvalue weighted by Crippen LogP contribution is 2.28. The van der Waals surface area contributed by atoms with Gasteiger partial charge < -0.3 is 15.5 Å². The minimum absolute atomic E-state index is 0. The number of hydrogen-bond donors (Lipinski definition) is 2. The van der Waals surface area contributed by atoms with Gasteiger partial charge in [0.15, 0.2) is 5.96 Å². The van der Waals surface area contributed by atoms with Crippen molar-refractivity contribution in [3.63, 3.8) is 0 Å². The topological polar surface area (TPSA) is 56.7 Å². The molecule has 1 aromatic rings. The van der Waals surface area contributed by atoms with Crippen LogP contribution in [0.4, 0.5) is 0 Å². The number of nitrogens with zero attached hydrogens (tertiary/aromatic N) is 2. The lowest BCUT2D eigenvalue weighted by molar-refractivity contribution is -0.134. The van der Waals surface area contributed by atoms with Crippen LogP contribution in [-0.4, -0.2) is 49.5 Å². The fourth-order valence-electron chi connectivity index (χ4n) is 4.63. The number of rotatable bonds is 5. The van der Waals surface area contributed by atoms with Crippen molar-refractivity contribution in [1.82, 2.24) is 15.5 Å². The average Bonchev–Trinajstić information content (AvgIpc) is 3.37. The zero-order valence-electron chi connectivity index (χ0n) is 18.3. The number of benzene rings is 1. The van der Waals surface area contributed by atoms with Crippen LogP contribution >= 0.6 is 24.0 Å². The lowest BCUT2D eigenvalue weighted by atomic mass is 9.82. The predicted octanol–water partition coefficient (Wildman–Crippen LogP) is 3.85. The van der Waals surface area contributed by atoms with Gasteiger partial charge in [-0.3, -0.25) is 9.79 Å². The van der Waals surface area contributed by atoms with Crippen LogP contribution < -0.4 is 10.6 Å². The Bertz CT molecular complexity index is 713. The second kappa shape index (κ2) is 10.6. The molecule has 29 heavy (non-hydrogen) atoms. The second-order valence-electron chi connectivity index (χ2n) is 9.02. The Kier molecular flexibility index (Phi) is 8.79. The molecule has 1 saturated heterocycles. The van der Waals surface area contributed by atoms with Crippen LogP contribution in [0.5, 0.6) is 0 Å². The third-order valence-corrected chi connectivity index (χ3v) is 6.34. The van der Waals surface area contributed by atoms with Gasteiger partial charge in [-0.25, -0.2) is 0 Å². The highest BCUT2D eigenvalue weighted by Gasteiger charge is 2.32. The van der Waals surface area contributed by atoms with Crippen molar-refractivity contribution in [1.29, 1.82) is 0 Å². The van der Waals surface area contributed by atoms with Crippen LogP contribution in [0.2, 0.25) is 0 Å². The van der Waals surface area contributed by atoms with E-state index in [0.29, 0.717) is 5.91 Å². The van der Waals surface area contributed by atoms with E-state index in [1.165, 1.54) is 24.0 Å². The minimum Gasteiger partial charge on any atom is -0.356 e. The van der Waals surface area contributed by atoms with Crippen molar-refractivity contribution in [2.45, 2.75) is 64.3 Å². The van der Waals surface area contributed by atoms with Gasteiger partial charge in [0.1, 0.15) is 0 Å². The molecule has 0 radical (unpaired) electrons. The summed E-state index contributed by atoms with van der Waals surface area (Å²) in [5.41, 5.74) is 2.67. The molecule has 1 saturated carbocycles. The number of carbonyl (C=O) groups excluding carboxylic acids is 1. The molecule has 162 valence electrons. The normalized spacial score (nSPS) is 20.5. The van der Waals surface area contributed by atoms with E-state index in [0.717, 1.165) is 44.9 Å². The summed E-state index contributed by atoms with van der Waals surface area (Å²) in [5, 5.41) is 7.02. The molecule has 1 aromatic carbocycles. The fourth-order valence-corrected chi connectivity index (χ4v) is 4.63. The summed E-state index contributed by atoms with van der Waals surface area (Å²) >= 11 is 0. The molecule has 5 nitrogen and oxygen atoms in total. The zero-order chi connectivity index (χ0) is 20.1. The zero-order valence-corrected chi connectivity index (χ0v) is 20.7. The quantitative estimate of drug-likeness (QED) is 0.358. The molecule has 1 amide bonds. The molecular formula is C23H37IN4O. The maximum atomic E-state index is 12.6. The van der Waals surface area contributed by atoms with Gasteiger partial charge in [0.05, 0.1) is 0 Å². The summed E-state index contributed by atoms with van der Waals surface area (Å²) in [7, 11) is 1.81. The van der Waals surface area contributed by atoms with Crippen LogP contribution in [0.25, 0.3) is 0 Å². The van der Waals surface area contributed by atoms with Gasteiger partial charge in [0.2, 0.25) is 5.91 Å². The molecule has 1 atom stereocenters. The second-order valence-corrected chi connectivity index (χ2v) is 9.02. The molecule has 0 aromatic heterocycles. The van der Waals surface area contributed by atoms with Crippen LogP contribution in [0, 0.1) is 12.8 Å². The first kappa shape index (κ1) is 24.0. The van der Waals surface area contributed by atoms with E-state index in [9.17, 15) is 4.79 Å². The third-order valence-electron chi connectivity index (χ3n) is 6.34. The first-order valence-corrected chi connectivity index (χ1v) is 10.7. The number of aliphatic imine (C=N–C) groups is 1. The Labute approximate surface area is 193 Å². The SMILES string of the molecule is CN=C(NCC(C)(C)c1ccccc1C)NC1CCN(C(=O)C2CCCC2)C1.I. The number of nitrogens with one attached hydrogen (secondary N) is 2. The average molecular weight is 512 g/mol. The lowest BCUT2D eigenvalue weighted by Gasteiger charge is -2.29. The summed E-state index contributed by atoms with van der Waals surface area (Å²) in [6, 6.07) is 8.83. The van der Waals surface area contributed by atoms with Crippen LogP contribution in [0.3, 0.4) is 0 Å². The molecule has 2 aliphatic rings. The van der Waals surface area contributed by atoms with E-state index in [1.54, 1.807) is 0 Å². The molecule has 1 heterocycles. The van der Waals surface area contributed by atoms with Crippen molar-refractivity contribution in [2.75, 3.05) is 26.7 Å². The number of amides is 1. The number of halogens is 1. The molecule has 0 bridgehead atoms. The van der Waals surface area contributed by atoms with Crippen molar-refractivity contribution >= 4 is 35.8 Å². The maximum absolute atomic E-state index is 12.6. The number of guanidine groups is 1. The molecule has 1 aliphatic carbocycles. The Morgan fingerprint density at radius 2 is 1.90 bits per heavy atom. The van der Waals surface area contributed by atoms with Crippen molar-refractivity contribution in [3.05, 3.63) is 35.4 Å². The van der Waals surface area contributed by atoms with Gasteiger partial charge in [0.25, 0.3) is 0 Å². The molecule has 3 rings (SSSR count). The van der Waals surface area contributed by atoms with Crippen molar-refractivity contribution in [3.8, 4) is 0 Å². The summed E-state index contributed by atoms with van der Waals surface area (Å²) in [4.78, 5) is 19.1. The van der Waals surface area contributed by atoms with E-state index in [4.69, 9.17) is 0 Å². The highest BCUT2D eigenvalue weighted by atomic mass is 127. The van der Waals surface area contributed by atoms with Gasteiger partial charge in [-0.2, -0.15) is 0 Å². The number of aryl methyl sites for hydroxylation is 1. The fraction of sp³-hybridized carbons (Fsp3) is 0.652. The van der Waals surface area contributed by atoms with Gasteiger partial charge in [-0.05, 0) is 37.3 Å². The first-order valence-electron chi connectivity index (χ1n) is 10.7.